The number of hydrogen-bond acceptors (Lipinski definition) is 0. The van der Waals surface area contributed by atoms with Gasteiger partial charge in [-0.25, -0.2) is 0 Å². The lowest BCUT2D eigenvalue weighted by molar-refractivity contribution is -1.54. The highest BCUT2D eigenvalue weighted by Gasteiger charge is 2.61. The summed E-state index contributed by atoms with van der Waals surface area (Å²) in [6.45, 7) is 0. The predicted octanol–water partition coefficient (Wildman–Crippen LogP) is -1.44. The molecule has 0 radical (unpaired) electrons. The Morgan fingerprint density at radius 2 is 1.45 bits per heavy atom. The third kappa shape index (κ3) is 0.519. The average molecular weight is 152 g/mol. The first-order valence-corrected chi connectivity index (χ1v) is 4.14. The predicted molar refractivity (Wildman–Crippen MR) is 38.9 cm³/mol. The second kappa shape index (κ2) is 1.67. The van der Waals surface area contributed by atoms with Crippen molar-refractivity contribution in [1.29, 1.82) is 0 Å². The Labute approximate surface area is 65.3 Å². The fraction of sp³-hybridized carbons (Fsp3) is 0.714. The van der Waals surface area contributed by atoms with Crippen LogP contribution in [0.2, 0.25) is 0 Å². The van der Waals surface area contributed by atoms with Gasteiger partial charge < -0.3 is 11.7 Å². The third-order valence-electron chi connectivity index (χ3n) is 3.42. The molecule has 0 spiro atoms. The molecule has 0 aromatic heterocycles. The Balaban J connectivity index is 1.96. The fourth-order valence-corrected chi connectivity index (χ4v) is 2.87. The molecule has 4 N–H and O–H groups in total. The number of quaternary nitrogens is 2. The lowest BCUT2D eigenvalue weighted by Crippen LogP contribution is -3.66. The van der Waals surface area contributed by atoms with Gasteiger partial charge in [0.1, 0.15) is 0 Å². The van der Waals surface area contributed by atoms with Crippen molar-refractivity contribution in [2.45, 2.75) is 18.5 Å². The van der Waals surface area contributed by atoms with E-state index in [0.29, 0.717) is 34.2 Å². The minimum absolute atomic E-state index is 0.442. The highest BCUT2D eigenvalue weighted by Crippen LogP contribution is 2.38. The molecule has 4 nitrogen and oxygen atoms in total. The summed E-state index contributed by atoms with van der Waals surface area (Å²) in [7, 11) is 0. The molecule has 11 heavy (non-hydrogen) atoms. The van der Waals surface area contributed by atoms with Crippen LogP contribution in [0.15, 0.2) is 12.2 Å². The molecule has 1 saturated carbocycles. The van der Waals surface area contributed by atoms with Crippen LogP contribution in [0.4, 0.5) is 0 Å². The monoisotopic (exact) mass is 152 g/mol. The molecule has 6 atom stereocenters. The molecule has 60 valence electrons. The van der Waals surface area contributed by atoms with Gasteiger partial charge in [-0.1, -0.05) is 12.2 Å². The topological polar surface area (TPSA) is 56.5 Å². The number of fused-ring (bicyclic) bond motifs is 5. The van der Waals surface area contributed by atoms with Crippen molar-refractivity contribution in [3.05, 3.63) is 23.8 Å². The second-order valence-corrected chi connectivity index (χ2v) is 3.83. The normalized spacial score (nSPS) is 64.5. The van der Waals surface area contributed by atoms with E-state index in [1.807, 2.05) is 0 Å². The first-order valence-electron chi connectivity index (χ1n) is 4.14. The number of nitrogens with one attached hydrogen (secondary N) is 4. The Morgan fingerprint density at radius 1 is 1.00 bits per heavy atom. The van der Waals surface area contributed by atoms with Crippen LogP contribution in [0.3, 0.4) is 0 Å². The highest BCUT2D eigenvalue weighted by molar-refractivity contribution is 5.15. The summed E-state index contributed by atoms with van der Waals surface area (Å²) in [5.74, 6) is 16.4. The van der Waals surface area contributed by atoms with Crippen LogP contribution in [0.25, 0.3) is 11.7 Å². The van der Waals surface area contributed by atoms with Gasteiger partial charge in [0.25, 0.3) is 0 Å². The molecule has 1 aliphatic heterocycles. The zero-order chi connectivity index (χ0) is 7.59. The third-order valence-corrected chi connectivity index (χ3v) is 3.42. The molecule has 0 amide bonds. The number of hydrogen-bond donors (Lipinski definition) is 2. The Kier molecular flexibility index (Phi) is 0.929. The zero-order valence-corrected chi connectivity index (χ0v) is 6.17. The summed E-state index contributed by atoms with van der Waals surface area (Å²) < 4.78 is 0. The Bertz CT molecular complexity index is 204. The molecule has 1 heterocycles. The van der Waals surface area contributed by atoms with Crippen molar-refractivity contribution in [2.75, 3.05) is 0 Å². The minimum atomic E-state index is 0.442. The summed E-state index contributed by atoms with van der Waals surface area (Å²) in [5.41, 5.74) is 0. The maximum atomic E-state index is 7.56. The maximum Gasteiger partial charge on any atom is 0.183 e. The summed E-state index contributed by atoms with van der Waals surface area (Å²) in [5, 5.41) is 1.23. The summed E-state index contributed by atoms with van der Waals surface area (Å²) >= 11 is 0. The van der Waals surface area contributed by atoms with Crippen LogP contribution >= 0.6 is 0 Å². The quantitative estimate of drug-likeness (QED) is 0.400. The van der Waals surface area contributed by atoms with Crippen LogP contribution in [0.5, 0.6) is 0 Å². The first kappa shape index (κ1) is 6.14. The van der Waals surface area contributed by atoms with E-state index in [0.717, 1.165) is 0 Å². The van der Waals surface area contributed by atoms with E-state index in [4.69, 9.17) is 11.7 Å². The highest BCUT2D eigenvalue weighted by atomic mass is 15.9. The SMILES string of the molecule is [NH-][NH+]1C2C3C=CC(C3)C2[NH+]1[NH-]. The molecule has 0 aromatic rings. The standard InChI is InChI=1S/C7H12N4/c8-10-6-4-1-2-5(3-4)7(6)11(10)9/h1-2,4-11H,3H2. The second-order valence-electron chi connectivity index (χ2n) is 3.83. The van der Waals surface area contributed by atoms with Crippen LogP contribution in [-0.2, 0) is 0 Å². The molecule has 2 fully saturated rings. The lowest BCUT2D eigenvalue weighted by atomic mass is 9.93. The van der Waals surface area contributed by atoms with Gasteiger partial charge >= 0.3 is 0 Å². The van der Waals surface area contributed by atoms with Gasteiger partial charge in [-0.05, 0) is 6.42 Å². The van der Waals surface area contributed by atoms with E-state index < -0.39 is 0 Å². The molecule has 3 rings (SSSR count). The van der Waals surface area contributed by atoms with E-state index in [1.54, 1.807) is 0 Å². The maximum absolute atomic E-state index is 7.56. The van der Waals surface area contributed by atoms with Crippen molar-refractivity contribution in [2.24, 2.45) is 11.8 Å². The van der Waals surface area contributed by atoms with Gasteiger partial charge in [0.05, 0.1) is 0 Å². The molecule has 2 bridgehead atoms. The van der Waals surface area contributed by atoms with Crippen molar-refractivity contribution in [1.82, 2.24) is 0 Å². The fourth-order valence-electron chi connectivity index (χ4n) is 2.87. The van der Waals surface area contributed by atoms with Crippen LogP contribution < -0.4 is 10.2 Å². The molecular weight excluding hydrogens is 140 g/mol. The lowest BCUT2D eigenvalue weighted by Gasteiger charge is -2.54. The van der Waals surface area contributed by atoms with Crippen molar-refractivity contribution in [3.63, 3.8) is 0 Å². The van der Waals surface area contributed by atoms with E-state index in [2.05, 4.69) is 12.2 Å². The zero-order valence-electron chi connectivity index (χ0n) is 6.17. The molecule has 1 saturated heterocycles. The van der Waals surface area contributed by atoms with E-state index in [9.17, 15) is 0 Å². The average Bonchev–Trinajstić information content (AvgIpc) is 2.58. The smallest absolute Gasteiger partial charge is 0.183 e. The van der Waals surface area contributed by atoms with E-state index in [-0.39, 0.29) is 0 Å². The largest absolute Gasteiger partial charge is 0.418 e. The Hall–Kier alpha value is -0.420. The van der Waals surface area contributed by atoms with E-state index >= 15 is 0 Å². The summed E-state index contributed by atoms with van der Waals surface area (Å²) in [6, 6.07) is 0.884. The molecule has 4 heteroatoms. The van der Waals surface area contributed by atoms with Gasteiger partial charge in [-0.3, -0.25) is 10.2 Å². The van der Waals surface area contributed by atoms with Crippen molar-refractivity contribution in [3.8, 4) is 0 Å². The first-order chi connectivity index (χ1) is 5.29. The van der Waals surface area contributed by atoms with E-state index in [1.165, 1.54) is 6.42 Å². The van der Waals surface area contributed by atoms with Crippen LogP contribution in [-0.4, -0.2) is 12.1 Å². The van der Waals surface area contributed by atoms with Crippen LogP contribution in [0.1, 0.15) is 6.42 Å². The molecule has 6 unspecified atom stereocenters. The molecule has 3 aliphatic rings. The van der Waals surface area contributed by atoms with Crippen molar-refractivity contribution >= 4 is 0 Å². The van der Waals surface area contributed by atoms with Gasteiger partial charge in [0.15, 0.2) is 12.1 Å². The number of rotatable bonds is 0. The minimum Gasteiger partial charge on any atom is -0.418 e. The Morgan fingerprint density at radius 3 is 1.91 bits per heavy atom. The van der Waals surface area contributed by atoms with Gasteiger partial charge in [-0.2, -0.15) is 0 Å². The van der Waals surface area contributed by atoms with Gasteiger partial charge in [-0.15, -0.1) is 0 Å². The molecular formula is C7H12N4. The van der Waals surface area contributed by atoms with Gasteiger partial charge in [0.2, 0.25) is 0 Å². The summed E-state index contributed by atoms with van der Waals surface area (Å²) in [4.78, 5) is 0. The van der Waals surface area contributed by atoms with Gasteiger partial charge in [0, 0.05) is 11.8 Å². The molecule has 0 aromatic carbocycles. The summed E-state index contributed by atoms with van der Waals surface area (Å²) in [6.07, 6.45) is 5.69. The van der Waals surface area contributed by atoms with Crippen LogP contribution in [0, 0.1) is 11.8 Å². The van der Waals surface area contributed by atoms with Crippen molar-refractivity contribution < 1.29 is 10.2 Å². The molecule has 2 aliphatic carbocycles.